The van der Waals surface area contributed by atoms with Crippen LogP contribution in [-0.2, 0) is 0 Å². The van der Waals surface area contributed by atoms with Gasteiger partial charge in [-0.2, -0.15) is 17.5 Å². The van der Waals surface area contributed by atoms with E-state index in [2.05, 4.69) is 19.0 Å². The number of fused-ring (bicyclic) bond motifs is 1. The number of hydrogen-bond acceptors (Lipinski definition) is 7. The van der Waals surface area contributed by atoms with Crippen LogP contribution in [0, 0.1) is 5.92 Å². The van der Waals surface area contributed by atoms with Gasteiger partial charge in [-0.3, -0.25) is 4.90 Å². The van der Waals surface area contributed by atoms with E-state index >= 15 is 0 Å². The topological polar surface area (TPSA) is 50.3 Å². The molecule has 2 aromatic carbocycles. The Labute approximate surface area is 198 Å². The zero-order valence-corrected chi connectivity index (χ0v) is 19.3. The third-order valence-electron chi connectivity index (χ3n) is 6.30. The summed E-state index contributed by atoms with van der Waals surface area (Å²) in [6, 6.07) is 15.4. The number of benzene rings is 2. The molecule has 0 aliphatic carbocycles. The maximum Gasteiger partial charge on any atom is 0.391 e. The van der Waals surface area contributed by atoms with Crippen LogP contribution in [0.4, 0.5) is 18.3 Å². The van der Waals surface area contributed by atoms with Gasteiger partial charge in [-0.15, -0.1) is 0 Å². The van der Waals surface area contributed by atoms with E-state index in [-0.39, 0.29) is 24.9 Å². The van der Waals surface area contributed by atoms with E-state index in [4.69, 9.17) is 4.74 Å². The Hall–Kier alpha value is -2.30. The highest BCUT2D eigenvalue weighted by Crippen LogP contribution is 2.48. The van der Waals surface area contributed by atoms with Gasteiger partial charge in [0.1, 0.15) is 12.1 Å². The molecule has 2 aliphatic rings. The van der Waals surface area contributed by atoms with E-state index in [1.165, 1.54) is 29.8 Å². The normalized spacial score (nSPS) is 23.5. The molecule has 1 N–H and O–H groups in total. The summed E-state index contributed by atoms with van der Waals surface area (Å²) >= 11 is 2.71. The van der Waals surface area contributed by atoms with Gasteiger partial charge < -0.3 is 9.46 Å². The third-order valence-corrected chi connectivity index (χ3v) is 7.80. The summed E-state index contributed by atoms with van der Waals surface area (Å²) < 4.78 is 53.9. The standard InChI is InChI=1S/C23H23F3N4OS2/c24-23(25,26)16-8-10-30(20(12-16)15-4-2-1-3-5-15)19-9-11-31-21-13-17(6-7-18(19)21)32-29-22-27-14-28-33-22/h1-7,13-14,16,19-20H,8-12H2,(H,27,28,29)/t16-,19-,20+/m0/s1. The van der Waals surface area contributed by atoms with Crippen LogP contribution in [0.5, 0.6) is 5.75 Å². The number of rotatable bonds is 5. The second kappa shape index (κ2) is 9.52. The Bertz CT molecular complexity index is 1070. The van der Waals surface area contributed by atoms with Crippen molar-refractivity contribution in [3.63, 3.8) is 0 Å². The molecule has 0 amide bonds. The molecule has 1 saturated heterocycles. The summed E-state index contributed by atoms with van der Waals surface area (Å²) in [5.41, 5.74) is 1.97. The van der Waals surface area contributed by atoms with E-state index in [0.717, 1.165) is 33.3 Å². The Morgan fingerprint density at radius 3 is 2.70 bits per heavy atom. The number of hydrogen-bond donors (Lipinski definition) is 1. The summed E-state index contributed by atoms with van der Waals surface area (Å²) in [5, 5.41) is 0.717. The minimum absolute atomic E-state index is 0.0170. The van der Waals surface area contributed by atoms with Crippen molar-refractivity contribution in [1.82, 2.24) is 14.3 Å². The predicted molar refractivity (Wildman–Crippen MR) is 123 cm³/mol. The van der Waals surface area contributed by atoms with Crippen LogP contribution in [0.3, 0.4) is 0 Å². The molecule has 2 aliphatic heterocycles. The van der Waals surface area contributed by atoms with Crippen molar-refractivity contribution < 1.29 is 17.9 Å². The van der Waals surface area contributed by atoms with Gasteiger partial charge in [0, 0.05) is 40.5 Å². The fourth-order valence-corrected chi connectivity index (χ4v) is 5.86. The lowest BCUT2D eigenvalue weighted by atomic mass is 9.84. The van der Waals surface area contributed by atoms with E-state index in [1.54, 1.807) is 0 Å². The fraction of sp³-hybridized carbons (Fsp3) is 0.391. The molecule has 5 nitrogen and oxygen atoms in total. The summed E-state index contributed by atoms with van der Waals surface area (Å²) in [6.45, 7) is 0.944. The highest BCUT2D eigenvalue weighted by Gasteiger charge is 2.46. The average molecular weight is 493 g/mol. The number of alkyl halides is 3. The van der Waals surface area contributed by atoms with Gasteiger partial charge in [-0.05, 0) is 49.0 Å². The number of nitrogens with zero attached hydrogens (tertiary/aromatic N) is 3. The molecule has 3 heterocycles. The van der Waals surface area contributed by atoms with E-state index < -0.39 is 12.1 Å². The fourth-order valence-electron chi connectivity index (χ4n) is 4.74. The predicted octanol–water partition coefficient (Wildman–Crippen LogP) is 6.50. The maximum atomic E-state index is 13.6. The van der Waals surface area contributed by atoms with Crippen LogP contribution >= 0.6 is 23.5 Å². The third kappa shape index (κ3) is 4.97. The van der Waals surface area contributed by atoms with Crippen LogP contribution in [0.25, 0.3) is 0 Å². The van der Waals surface area contributed by atoms with Crippen molar-refractivity contribution >= 4 is 28.6 Å². The first-order chi connectivity index (χ1) is 16.0. The lowest BCUT2D eigenvalue weighted by Gasteiger charge is -2.46. The Balaban J connectivity index is 1.40. The Morgan fingerprint density at radius 2 is 1.94 bits per heavy atom. The van der Waals surface area contributed by atoms with Crippen molar-refractivity contribution in [1.29, 1.82) is 0 Å². The number of halogens is 3. The second-order valence-corrected chi connectivity index (χ2v) is 9.89. The molecule has 5 rings (SSSR count). The summed E-state index contributed by atoms with van der Waals surface area (Å²) in [7, 11) is 0. The lowest BCUT2D eigenvalue weighted by molar-refractivity contribution is -0.192. The van der Waals surface area contributed by atoms with Crippen molar-refractivity contribution in [2.45, 2.75) is 42.4 Å². The Morgan fingerprint density at radius 1 is 1.09 bits per heavy atom. The zero-order chi connectivity index (χ0) is 22.8. The van der Waals surface area contributed by atoms with Gasteiger partial charge in [0.05, 0.1) is 12.5 Å². The monoisotopic (exact) mass is 492 g/mol. The molecular formula is C23H23F3N4OS2. The van der Waals surface area contributed by atoms with Gasteiger partial charge in [0.25, 0.3) is 0 Å². The summed E-state index contributed by atoms with van der Waals surface area (Å²) in [6.07, 6.45) is -1.71. The highest BCUT2D eigenvalue weighted by atomic mass is 32.2. The zero-order valence-electron chi connectivity index (χ0n) is 17.7. The smallest absolute Gasteiger partial charge is 0.391 e. The number of ether oxygens (including phenoxy) is 1. The number of piperidine rings is 1. The van der Waals surface area contributed by atoms with E-state index in [9.17, 15) is 13.2 Å². The second-order valence-electron chi connectivity index (χ2n) is 8.23. The largest absolute Gasteiger partial charge is 0.493 e. The summed E-state index contributed by atoms with van der Waals surface area (Å²) in [4.78, 5) is 7.34. The molecule has 0 bridgehead atoms. The van der Waals surface area contributed by atoms with Gasteiger partial charge in [0.2, 0.25) is 5.13 Å². The molecule has 0 spiro atoms. The SMILES string of the molecule is FC(F)(F)[C@H]1CCN([C@H]2CCOc3cc(SNc4ncns4)ccc32)[C@@H](c2ccccc2)C1. The first-order valence-electron chi connectivity index (χ1n) is 10.8. The van der Waals surface area contributed by atoms with Crippen LogP contribution in [-0.4, -0.2) is 33.6 Å². The first-order valence-corrected chi connectivity index (χ1v) is 12.4. The molecule has 174 valence electrons. The maximum absolute atomic E-state index is 13.6. The average Bonchev–Trinajstić information content (AvgIpc) is 3.36. The van der Waals surface area contributed by atoms with Gasteiger partial charge in [-0.25, -0.2) is 4.98 Å². The molecular weight excluding hydrogens is 469 g/mol. The quantitative estimate of drug-likeness (QED) is 0.411. The highest BCUT2D eigenvalue weighted by molar-refractivity contribution is 8.00. The van der Waals surface area contributed by atoms with Crippen LogP contribution in [0.2, 0.25) is 0 Å². The van der Waals surface area contributed by atoms with E-state index in [0.29, 0.717) is 13.2 Å². The van der Waals surface area contributed by atoms with Crippen molar-refractivity contribution in [3.05, 3.63) is 66.0 Å². The van der Waals surface area contributed by atoms with Gasteiger partial charge in [0.15, 0.2) is 0 Å². The number of aromatic nitrogens is 2. The number of nitrogens with one attached hydrogen (secondary N) is 1. The summed E-state index contributed by atoms with van der Waals surface area (Å²) in [5.74, 6) is -0.483. The minimum Gasteiger partial charge on any atom is -0.493 e. The number of anilines is 1. The van der Waals surface area contributed by atoms with Crippen molar-refractivity contribution in [2.24, 2.45) is 5.92 Å². The molecule has 33 heavy (non-hydrogen) atoms. The number of likely N-dealkylation sites (tertiary alicyclic amines) is 1. The van der Waals surface area contributed by atoms with Crippen LogP contribution < -0.4 is 9.46 Å². The molecule has 10 heteroatoms. The van der Waals surface area contributed by atoms with Gasteiger partial charge >= 0.3 is 6.18 Å². The van der Waals surface area contributed by atoms with Crippen molar-refractivity contribution in [3.8, 4) is 5.75 Å². The minimum atomic E-state index is -4.17. The first kappa shape index (κ1) is 22.5. The molecule has 0 saturated carbocycles. The molecule has 1 fully saturated rings. The molecule has 0 unspecified atom stereocenters. The van der Waals surface area contributed by atoms with Gasteiger partial charge in [-0.1, -0.05) is 36.4 Å². The van der Waals surface area contributed by atoms with E-state index in [1.807, 2.05) is 48.5 Å². The molecule has 1 aromatic heterocycles. The van der Waals surface area contributed by atoms with Crippen LogP contribution in [0.15, 0.2) is 59.8 Å². The Kier molecular flexibility index (Phi) is 6.49. The molecule has 3 aromatic rings. The van der Waals surface area contributed by atoms with Crippen LogP contribution in [0.1, 0.15) is 42.5 Å². The lowest BCUT2D eigenvalue weighted by Crippen LogP contribution is -2.44. The molecule has 3 atom stereocenters. The molecule has 0 radical (unpaired) electrons. The van der Waals surface area contributed by atoms with Crippen molar-refractivity contribution in [2.75, 3.05) is 17.9 Å².